The Morgan fingerprint density at radius 1 is 1.43 bits per heavy atom. The fourth-order valence-corrected chi connectivity index (χ4v) is 1.22. The molecular formula is C8H8ClF3N2. The maximum atomic E-state index is 12.4. The van der Waals surface area contributed by atoms with Crippen LogP contribution in [-0.4, -0.2) is 9.78 Å². The van der Waals surface area contributed by atoms with Crippen LogP contribution in [0.2, 0.25) is 0 Å². The Labute approximate surface area is 84.0 Å². The quantitative estimate of drug-likeness (QED) is 0.717. The molecule has 0 atom stereocenters. The van der Waals surface area contributed by atoms with E-state index in [0.717, 1.165) is 5.54 Å². The van der Waals surface area contributed by atoms with Crippen molar-refractivity contribution in [1.82, 2.24) is 9.78 Å². The van der Waals surface area contributed by atoms with Gasteiger partial charge < -0.3 is 0 Å². The lowest BCUT2D eigenvalue weighted by atomic mass is 10.2. The molecule has 0 bridgehead atoms. The van der Waals surface area contributed by atoms with Crippen LogP contribution in [0.4, 0.5) is 13.2 Å². The van der Waals surface area contributed by atoms with E-state index in [4.69, 9.17) is 11.6 Å². The molecule has 0 N–H and O–H groups in total. The van der Waals surface area contributed by atoms with Gasteiger partial charge in [0.25, 0.3) is 0 Å². The lowest BCUT2D eigenvalue weighted by Gasteiger charge is -2.02. The molecule has 0 radical (unpaired) electrons. The Balaban J connectivity index is 3.37. The maximum Gasteiger partial charge on any atom is 0.435 e. The van der Waals surface area contributed by atoms with Gasteiger partial charge in [-0.15, -0.1) is 0 Å². The standard InChI is InChI=1S/C8H8ClF3N2/c1-5-6(3-4-9)7(8(10,11)12)13-14(5)2/h3-4H,1-2H3/b4-3+. The Hall–Kier alpha value is -0.970. The molecule has 1 rings (SSSR count). The number of aromatic nitrogens is 2. The molecule has 0 saturated heterocycles. The zero-order valence-corrected chi connectivity index (χ0v) is 8.32. The van der Waals surface area contributed by atoms with E-state index in [2.05, 4.69) is 5.10 Å². The second kappa shape index (κ2) is 3.65. The molecule has 0 fully saturated rings. The second-order valence-corrected chi connectivity index (χ2v) is 3.01. The van der Waals surface area contributed by atoms with Gasteiger partial charge >= 0.3 is 6.18 Å². The highest BCUT2D eigenvalue weighted by Gasteiger charge is 2.37. The number of alkyl halides is 3. The van der Waals surface area contributed by atoms with Crippen molar-refractivity contribution in [2.45, 2.75) is 13.1 Å². The summed E-state index contributed by atoms with van der Waals surface area (Å²) in [4.78, 5) is 0. The van der Waals surface area contributed by atoms with Gasteiger partial charge in [-0.1, -0.05) is 11.6 Å². The normalized spacial score (nSPS) is 12.7. The van der Waals surface area contributed by atoms with E-state index in [1.165, 1.54) is 17.8 Å². The summed E-state index contributed by atoms with van der Waals surface area (Å²) >= 11 is 5.25. The summed E-state index contributed by atoms with van der Waals surface area (Å²) in [6, 6.07) is 0. The van der Waals surface area contributed by atoms with E-state index in [0.29, 0.717) is 5.69 Å². The van der Waals surface area contributed by atoms with Crippen LogP contribution >= 0.6 is 11.6 Å². The zero-order valence-electron chi connectivity index (χ0n) is 7.56. The van der Waals surface area contributed by atoms with Crippen LogP contribution in [0.3, 0.4) is 0 Å². The van der Waals surface area contributed by atoms with Crippen molar-refractivity contribution < 1.29 is 13.2 Å². The molecule has 0 aliphatic rings. The Bertz CT molecular complexity index is 365. The van der Waals surface area contributed by atoms with Gasteiger partial charge in [-0.05, 0) is 13.0 Å². The third-order valence-corrected chi connectivity index (χ3v) is 2.00. The second-order valence-electron chi connectivity index (χ2n) is 2.76. The van der Waals surface area contributed by atoms with Crippen LogP contribution in [-0.2, 0) is 13.2 Å². The highest BCUT2D eigenvalue weighted by Crippen LogP contribution is 2.32. The molecule has 0 aliphatic carbocycles. The highest BCUT2D eigenvalue weighted by atomic mass is 35.5. The Morgan fingerprint density at radius 3 is 2.43 bits per heavy atom. The average molecular weight is 225 g/mol. The van der Waals surface area contributed by atoms with E-state index in [1.54, 1.807) is 6.92 Å². The summed E-state index contributed by atoms with van der Waals surface area (Å²) in [7, 11) is 1.45. The smallest absolute Gasteiger partial charge is 0.272 e. The van der Waals surface area contributed by atoms with Crippen LogP contribution in [0.5, 0.6) is 0 Å². The predicted octanol–water partition coefficient (Wildman–Crippen LogP) is 2.96. The lowest BCUT2D eigenvalue weighted by molar-refractivity contribution is -0.141. The summed E-state index contributed by atoms with van der Waals surface area (Å²) < 4.78 is 38.4. The molecule has 0 unspecified atom stereocenters. The van der Waals surface area contributed by atoms with Gasteiger partial charge in [-0.2, -0.15) is 18.3 Å². The fourth-order valence-electron chi connectivity index (χ4n) is 1.10. The van der Waals surface area contributed by atoms with Crippen molar-refractivity contribution in [3.8, 4) is 0 Å². The first-order valence-corrected chi connectivity index (χ1v) is 4.19. The van der Waals surface area contributed by atoms with Crippen molar-refractivity contribution in [1.29, 1.82) is 0 Å². The number of nitrogens with zero attached hydrogens (tertiary/aromatic N) is 2. The van der Waals surface area contributed by atoms with Crippen LogP contribution in [0.15, 0.2) is 5.54 Å². The molecule has 1 heterocycles. The van der Waals surface area contributed by atoms with Gasteiger partial charge in [-0.25, -0.2) is 0 Å². The molecule has 0 spiro atoms. The number of rotatable bonds is 1. The van der Waals surface area contributed by atoms with Gasteiger partial charge in [-0.3, -0.25) is 4.68 Å². The van der Waals surface area contributed by atoms with E-state index >= 15 is 0 Å². The minimum atomic E-state index is -4.45. The summed E-state index contributed by atoms with van der Waals surface area (Å²) in [5.41, 5.74) is 0.567. The summed E-state index contributed by atoms with van der Waals surface area (Å²) in [6.45, 7) is 1.55. The van der Waals surface area contributed by atoms with Crippen molar-refractivity contribution in [3.05, 3.63) is 22.5 Å². The molecule has 6 heteroatoms. The molecule has 14 heavy (non-hydrogen) atoms. The van der Waals surface area contributed by atoms with E-state index < -0.39 is 11.9 Å². The highest BCUT2D eigenvalue weighted by molar-refractivity contribution is 6.27. The summed E-state index contributed by atoms with van der Waals surface area (Å²) in [6.07, 6.45) is -3.26. The molecule has 2 nitrogen and oxygen atoms in total. The number of hydrogen-bond acceptors (Lipinski definition) is 1. The first-order valence-electron chi connectivity index (χ1n) is 3.75. The topological polar surface area (TPSA) is 17.8 Å². The fraction of sp³-hybridized carbons (Fsp3) is 0.375. The third kappa shape index (κ3) is 1.92. The summed E-state index contributed by atoms with van der Waals surface area (Å²) in [5, 5.41) is 3.38. The zero-order chi connectivity index (χ0) is 10.9. The van der Waals surface area contributed by atoms with Gasteiger partial charge in [0, 0.05) is 23.8 Å². The van der Waals surface area contributed by atoms with Crippen molar-refractivity contribution in [2.24, 2.45) is 7.05 Å². The van der Waals surface area contributed by atoms with E-state index in [9.17, 15) is 13.2 Å². The van der Waals surface area contributed by atoms with Crippen molar-refractivity contribution >= 4 is 17.7 Å². The molecule has 78 valence electrons. The Morgan fingerprint density at radius 2 is 2.00 bits per heavy atom. The van der Waals surface area contributed by atoms with Gasteiger partial charge in [0.15, 0.2) is 5.69 Å². The van der Waals surface area contributed by atoms with E-state index in [1.807, 2.05) is 0 Å². The van der Waals surface area contributed by atoms with Gasteiger partial charge in [0.2, 0.25) is 0 Å². The largest absolute Gasteiger partial charge is 0.435 e. The van der Waals surface area contributed by atoms with Crippen LogP contribution in [0.1, 0.15) is 17.0 Å². The first-order chi connectivity index (χ1) is 6.38. The molecular weight excluding hydrogens is 217 g/mol. The third-order valence-electron chi connectivity index (χ3n) is 1.88. The molecule has 0 aliphatic heterocycles. The average Bonchev–Trinajstić information content (AvgIpc) is 2.32. The maximum absolute atomic E-state index is 12.4. The number of hydrogen-bond donors (Lipinski definition) is 0. The van der Waals surface area contributed by atoms with Gasteiger partial charge in [0.1, 0.15) is 0 Å². The molecule has 1 aromatic rings. The molecule has 0 amide bonds. The Kier molecular flexibility index (Phi) is 2.89. The first kappa shape index (κ1) is 11.1. The lowest BCUT2D eigenvalue weighted by Crippen LogP contribution is -2.08. The monoisotopic (exact) mass is 224 g/mol. The minimum Gasteiger partial charge on any atom is -0.272 e. The minimum absolute atomic E-state index is 0.00926. The van der Waals surface area contributed by atoms with Crippen molar-refractivity contribution in [3.63, 3.8) is 0 Å². The number of aryl methyl sites for hydroxylation is 1. The van der Waals surface area contributed by atoms with Crippen LogP contribution < -0.4 is 0 Å². The predicted molar refractivity (Wildman–Crippen MR) is 47.8 cm³/mol. The number of halogens is 4. The molecule has 0 saturated carbocycles. The molecule has 0 aromatic carbocycles. The molecule has 1 aromatic heterocycles. The summed E-state index contributed by atoms with van der Waals surface area (Å²) in [5.74, 6) is 0. The SMILES string of the molecule is Cc1c(/C=C/Cl)c(C(F)(F)F)nn1C. The van der Waals surface area contributed by atoms with Crippen LogP contribution in [0, 0.1) is 6.92 Å². The van der Waals surface area contributed by atoms with E-state index in [-0.39, 0.29) is 5.56 Å². The van der Waals surface area contributed by atoms with Crippen LogP contribution in [0.25, 0.3) is 6.08 Å². The van der Waals surface area contributed by atoms with Crippen molar-refractivity contribution in [2.75, 3.05) is 0 Å². The van der Waals surface area contributed by atoms with Gasteiger partial charge in [0.05, 0.1) is 0 Å².